The molecule has 2 aromatic rings. The van der Waals surface area contributed by atoms with Gasteiger partial charge in [-0.2, -0.15) is 13.2 Å². The molecule has 0 radical (unpaired) electrons. The lowest BCUT2D eigenvalue weighted by Gasteiger charge is -2.18. The summed E-state index contributed by atoms with van der Waals surface area (Å²) in [6.07, 6.45) is -0.611. The van der Waals surface area contributed by atoms with Crippen LogP contribution in [0.1, 0.15) is 49.7 Å². The zero-order valence-electron chi connectivity index (χ0n) is 14.5. The van der Waals surface area contributed by atoms with E-state index in [4.69, 9.17) is 0 Å². The molecule has 0 unspecified atom stereocenters. The highest BCUT2D eigenvalue weighted by molar-refractivity contribution is 5.79. The minimum absolute atomic E-state index is 0.188. The summed E-state index contributed by atoms with van der Waals surface area (Å²) >= 11 is 0. The Morgan fingerprint density at radius 3 is 2.64 bits per heavy atom. The lowest BCUT2D eigenvalue weighted by molar-refractivity contribution is -0.137. The van der Waals surface area contributed by atoms with Crippen LogP contribution in [0, 0.1) is 0 Å². The molecule has 25 heavy (non-hydrogen) atoms. The number of aromatic nitrogens is 2. The van der Waals surface area contributed by atoms with Crippen LogP contribution < -0.4 is 5.32 Å². The van der Waals surface area contributed by atoms with Gasteiger partial charge in [0.25, 0.3) is 0 Å². The summed E-state index contributed by atoms with van der Waals surface area (Å²) in [5.41, 5.74) is -0.141. The molecule has 1 aromatic heterocycles. The van der Waals surface area contributed by atoms with E-state index in [1.165, 1.54) is 6.07 Å². The molecule has 1 N–H and O–H groups in total. The third-order valence-corrected chi connectivity index (χ3v) is 3.98. The lowest BCUT2D eigenvalue weighted by Crippen LogP contribution is -2.33. The minimum Gasteiger partial charge on any atom is -0.354 e. The first-order valence-electron chi connectivity index (χ1n) is 8.16. The van der Waals surface area contributed by atoms with Gasteiger partial charge in [0.05, 0.1) is 5.56 Å². The first-order chi connectivity index (χ1) is 11.7. The number of alkyl halides is 3. The first kappa shape index (κ1) is 19.0. The molecule has 0 aliphatic heterocycles. The fourth-order valence-corrected chi connectivity index (χ4v) is 2.61. The normalized spacial score (nSPS) is 13.1. The molecule has 1 aromatic carbocycles. The van der Waals surface area contributed by atoms with Crippen LogP contribution in [0.5, 0.6) is 0 Å². The standard InChI is InChI=1S/C18H22F3N3O/c1-12(2)16-22-9-10-24(16)13(3)17(25)23-8-7-14-5-4-6-15(11-14)18(19,20)21/h4-6,9-13H,7-8H2,1-3H3,(H,23,25)/t13-/m1/s1. The van der Waals surface area contributed by atoms with Crippen LogP contribution in [-0.4, -0.2) is 22.0 Å². The van der Waals surface area contributed by atoms with E-state index in [0.29, 0.717) is 12.0 Å². The third kappa shape index (κ3) is 4.84. The van der Waals surface area contributed by atoms with Crippen molar-refractivity contribution in [1.82, 2.24) is 14.9 Å². The Bertz CT molecular complexity index is 722. The molecule has 0 saturated heterocycles. The number of carbonyl (C=O) groups is 1. The molecule has 0 aliphatic carbocycles. The van der Waals surface area contributed by atoms with Crippen molar-refractivity contribution in [3.05, 3.63) is 53.6 Å². The smallest absolute Gasteiger partial charge is 0.354 e. The van der Waals surface area contributed by atoms with Gasteiger partial charge in [0.2, 0.25) is 5.91 Å². The van der Waals surface area contributed by atoms with E-state index in [0.717, 1.165) is 18.0 Å². The predicted molar refractivity (Wildman–Crippen MR) is 89.2 cm³/mol. The largest absolute Gasteiger partial charge is 0.416 e. The maximum Gasteiger partial charge on any atom is 0.416 e. The number of nitrogens with zero attached hydrogens (tertiary/aromatic N) is 2. The van der Waals surface area contributed by atoms with E-state index >= 15 is 0 Å². The fraction of sp³-hybridized carbons (Fsp3) is 0.444. The highest BCUT2D eigenvalue weighted by Gasteiger charge is 2.30. The van der Waals surface area contributed by atoms with Crippen molar-refractivity contribution in [1.29, 1.82) is 0 Å². The molecule has 1 amide bonds. The zero-order chi connectivity index (χ0) is 18.6. The number of carbonyl (C=O) groups excluding carboxylic acids is 1. The van der Waals surface area contributed by atoms with Crippen molar-refractivity contribution in [2.24, 2.45) is 0 Å². The van der Waals surface area contributed by atoms with Crippen molar-refractivity contribution in [2.45, 2.75) is 45.3 Å². The van der Waals surface area contributed by atoms with Crippen LogP contribution >= 0.6 is 0 Å². The average Bonchev–Trinajstić information content (AvgIpc) is 3.03. The second kappa shape index (κ2) is 7.72. The fourth-order valence-electron chi connectivity index (χ4n) is 2.61. The molecule has 136 valence electrons. The van der Waals surface area contributed by atoms with E-state index in [-0.39, 0.29) is 18.4 Å². The number of rotatable bonds is 6. The van der Waals surface area contributed by atoms with Crippen LogP contribution in [0.4, 0.5) is 13.2 Å². The molecule has 0 spiro atoms. The summed E-state index contributed by atoms with van der Waals surface area (Å²) in [5.74, 6) is 0.822. The van der Waals surface area contributed by atoms with Gasteiger partial charge in [-0.15, -0.1) is 0 Å². The lowest BCUT2D eigenvalue weighted by atomic mass is 10.1. The minimum atomic E-state index is -4.36. The Morgan fingerprint density at radius 2 is 2.00 bits per heavy atom. The molecule has 4 nitrogen and oxygen atoms in total. The van der Waals surface area contributed by atoms with Crippen molar-refractivity contribution >= 4 is 5.91 Å². The summed E-state index contributed by atoms with van der Waals surface area (Å²) in [4.78, 5) is 16.5. The zero-order valence-corrected chi connectivity index (χ0v) is 14.5. The highest BCUT2D eigenvalue weighted by Crippen LogP contribution is 2.29. The predicted octanol–water partition coefficient (Wildman–Crippen LogP) is 3.95. The summed E-state index contributed by atoms with van der Waals surface area (Å²) in [6, 6.07) is 4.72. The summed E-state index contributed by atoms with van der Waals surface area (Å²) in [6.45, 7) is 6.04. The van der Waals surface area contributed by atoms with Crippen molar-refractivity contribution in [2.75, 3.05) is 6.54 Å². The van der Waals surface area contributed by atoms with E-state index in [9.17, 15) is 18.0 Å². The third-order valence-electron chi connectivity index (χ3n) is 3.98. The van der Waals surface area contributed by atoms with Gasteiger partial charge >= 0.3 is 6.18 Å². The van der Waals surface area contributed by atoms with Gasteiger partial charge in [-0.1, -0.05) is 32.0 Å². The number of nitrogens with one attached hydrogen (secondary N) is 1. The Balaban J connectivity index is 1.93. The van der Waals surface area contributed by atoms with E-state index in [1.54, 1.807) is 25.4 Å². The number of hydrogen-bond acceptors (Lipinski definition) is 2. The first-order valence-corrected chi connectivity index (χ1v) is 8.16. The van der Waals surface area contributed by atoms with E-state index in [2.05, 4.69) is 10.3 Å². The average molecular weight is 353 g/mol. The molecule has 1 atom stereocenters. The number of imidazole rings is 1. The summed E-state index contributed by atoms with van der Waals surface area (Å²) < 4.78 is 39.9. The Kier molecular flexibility index (Phi) is 5.87. The van der Waals surface area contributed by atoms with Crippen LogP contribution in [0.3, 0.4) is 0 Å². The molecule has 7 heteroatoms. The molecule has 0 aliphatic rings. The van der Waals surface area contributed by atoms with Crippen LogP contribution in [0.25, 0.3) is 0 Å². The second-order valence-electron chi connectivity index (χ2n) is 6.26. The van der Waals surface area contributed by atoms with Crippen molar-refractivity contribution < 1.29 is 18.0 Å². The van der Waals surface area contributed by atoms with Crippen molar-refractivity contribution in [3.63, 3.8) is 0 Å². The van der Waals surface area contributed by atoms with Gasteiger partial charge < -0.3 is 9.88 Å². The molecule has 0 saturated carbocycles. The summed E-state index contributed by atoms with van der Waals surface area (Å²) in [5, 5.41) is 2.77. The summed E-state index contributed by atoms with van der Waals surface area (Å²) in [7, 11) is 0. The number of amides is 1. The topological polar surface area (TPSA) is 46.9 Å². The Labute approximate surface area is 145 Å². The van der Waals surface area contributed by atoms with E-state index < -0.39 is 17.8 Å². The van der Waals surface area contributed by atoms with Gasteiger partial charge in [0, 0.05) is 24.9 Å². The molecule has 2 rings (SSSR count). The maximum atomic E-state index is 12.7. The van der Waals surface area contributed by atoms with Gasteiger partial charge in [0.1, 0.15) is 11.9 Å². The van der Waals surface area contributed by atoms with Crippen LogP contribution in [0.15, 0.2) is 36.7 Å². The SMILES string of the molecule is CC(C)c1nccn1[C@H](C)C(=O)NCCc1cccc(C(F)(F)F)c1. The molecular formula is C18H22F3N3O. The van der Waals surface area contributed by atoms with Crippen LogP contribution in [0.2, 0.25) is 0 Å². The Hall–Kier alpha value is -2.31. The molecule has 0 fully saturated rings. The van der Waals surface area contributed by atoms with E-state index in [1.807, 2.05) is 18.4 Å². The van der Waals surface area contributed by atoms with Gasteiger partial charge in [-0.25, -0.2) is 4.98 Å². The molecular weight excluding hydrogens is 331 g/mol. The Morgan fingerprint density at radius 1 is 1.28 bits per heavy atom. The number of hydrogen-bond donors (Lipinski definition) is 1. The maximum absolute atomic E-state index is 12.7. The second-order valence-corrected chi connectivity index (χ2v) is 6.26. The molecule has 1 heterocycles. The molecule has 0 bridgehead atoms. The van der Waals surface area contributed by atoms with Gasteiger partial charge in [-0.3, -0.25) is 4.79 Å². The highest BCUT2D eigenvalue weighted by atomic mass is 19.4. The van der Waals surface area contributed by atoms with Gasteiger partial charge in [0.15, 0.2) is 0 Å². The quantitative estimate of drug-likeness (QED) is 0.855. The van der Waals surface area contributed by atoms with Gasteiger partial charge in [-0.05, 0) is 25.0 Å². The monoisotopic (exact) mass is 353 g/mol. The number of benzene rings is 1. The number of halogens is 3. The van der Waals surface area contributed by atoms with Crippen molar-refractivity contribution in [3.8, 4) is 0 Å². The van der Waals surface area contributed by atoms with Crippen LogP contribution in [-0.2, 0) is 17.4 Å².